The Bertz CT molecular complexity index is 419. The van der Waals surface area contributed by atoms with Crippen molar-refractivity contribution < 1.29 is 9.53 Å². The van der Waals surface area contributed by atoms with Crippen LogP contribution < -0.4 is 5.32 Å². The lowest BCUT2D eigenvalue weighted by molar-refractivity contribution is 0.148. The van der Waals surface area contributed by atoms with Crippen LogP contribution in [0, 0.1) is 0 Å². The molecule has 0 saturated carbocycles. The van der Waals surface area contributed by atoms with Gasteiger partial charge in [0.1, 0.15) is 6.61 Å². The van der Waals surface area contributed by atoms with Crippen molar-refractivity contribution in [2.24, 2.45) is 0 Å². The lowest BCUT2D eigenvalue weighted by Crippen LogP contribution is -2.44. The van der Waals surface area contributed by atoms with E-state index < -0.39 is 0 Å². The monoisotopic (exact) mass is 218 g/mol. The number of ether oxygens (including phenoxy) is 1. The molecule has 0 aliphatic carbocycles. The normalized spacial score (nSPS) is 23.6. The van der Waals surface area contributed by atoms with Crippen LogP contribution in [0.4, 0.5) is 10.5 Å². The summed E-state index contributed by atoms with van der Waals surface area (Å²) in [5.41, 5.74) is 2.46. The van der Waals surface area contributed by atoms with Gasteiger partial charge in [-0.2, -0.15) is 0 Å². The Hall–Kier alpha value is -1.71. The van der Waals surface area contributed by atoms with Crippen LogP contribution in [0.15, 0.2) is 24.3 Å². The van der Waals surface area contributed by atoms with E-state index in [-0.39, 0.29) is 12.1 Å². The highest BCUT2D eigenvalue weighted by Crippen LogP contribution is 2.24. The second kappa shape index (κ2) is 3.70. The van der Waals surface area contributed by atoms with Crippen LogP contribution in [0.5, 0.6) is 0 Å². The Kier molecular flexibility index (Phi) is 2.20. The molecule has 1 N–H and O–H groups in total. The van der Waals surface area contributed by atoms with Crippen LogP contribution in [0.2, 0.25) is 0 Å². The van der Waals surface area contributed by atoms with Crippen molar-refractivity contribution in [3.8, 4) is 0 Å². The van der Waals surface area contributed by atoms with Gasteiger partial charge < -0.3 is 10.1 Å². The van der Waals surface area contributed by atoms with E-state index in [9.17, 15) is 4.79 Å². The molecule has 2 aliphatic heterocycles. The number of anilines is 1. The number of cyclic esters (lactones) is 1. The molecule has 0 bridgehead atoms. The van der Waals surface area contributed by atoms with E-state index in [4.69, 9.17) is 4.74 Å². The summed E-state index contributed by atoms with van der Waals surface area (Å²) in [5, 5.41) is 3.36. The molecular weight excluding hydrogens is 204 g/mol. The molecule has 1 aromatic carbocycles. The molecule has 2 aliphatic rings. The van der Waals surface area contributed by atoms with Gasteiger partial charge in [-0.15, -0.1) is 0 Å². The third-order valence-electron chi connectivity index (χ3n) is 3.23. The van der Waals surface area contributed by atoms with Gasteiger partial charge >= 0.3 is 6.09 Å². The van der Waals surface area contributed by atoms with Crippen molar-refractivity contribution in [2.45, 2.75) is 12.5 Å². The number of para-hydroxylation sites is 1. The zero-order chi connectivity index (χ0) is 11.0. The van der Waals surface area contributed by atoms with Crippen LogP contribution >= 0.6 is 0 Å². The average molecular weight is 218 g/mol. The minimum atomic E-state index is -0.175. The SMILES string of the molecule is O=C1OCCN1[C@@H]1CNc2ccccc2C1. The zero-order valence-corrected chi connectivity index (χ0v) is 8.98. The molecule has 0 spiro atoms. The van der Waals surface area contributed by atoms with Gasteiger partial charge in [0, 0.05) is 12.2 Å². The highest BCUT2D eigenvalue weighted by molar-refractivity contribution is 5.70. The summed E-state index contributed by atoms with van der Waals surface area (Å²) in [5.74, 6) is 0. The molecular formula is C12H14N2O2. The Labute approximate surface area is 94.2 Å². The number of benzene rings is 1. The van der Waals surface area contributed by atoms with E-state index >= 15 is 0 Å². The fraction of sp³-hybridized carbons (Fsp3) is 0.417. The molecule has 84 valence electrons. The maximum absolute atomic E-state index is 11.5. The Morgan fingerprint density at radius 3 is 3.06 bits per heavy atom. The van der Waals surface area contributed by atoms with Crippen LogP contribution in [0.3, 0.4) is 0 Å². The van der Waals surface area contributed by atoms with E-state index in [1.54, 1.807) is 0 Å². The fourth-order valence-electron chi connectivity index (χ4n) is 2.38. The molecule has 0 radical (unpaired) electrons. The molecule has 0 aromatic heterocycles. The number of hydrogen-bond donors (Lipinski definition) is 1. The Morgan fingerprint density at radius 2 is 2.25 bits per heavy atom. The summed E-state index contributed by atoms with van der Waals surface area (Å²) in [4.78, 5) is 13.3. The van der Waals surface area contributed by atoms with Gasteiger partial charge in [-0.1, -0.05) is 18.2 Å². The molecule has 1 fully saturated rings. The lowest BCUT2D eigenvalue weighted by atomic mass is 9.99. The summed E-state index contributed by atoms with van der Waals surface area (Å²) in [7, 11) is 0. The number of amides is 1. The van der Waals surface area contributed by atoms with Gasteiger partial charge in [0.2, 0.25) is 0 Å². The predicted octanol–water partition coefficient (Wildman–Crippen LogP) is 1.48. The predicted molar refractivity (Wildman–Crippen MR) is 60.5 cm³/mol. The number of nitrogens with zero attached hydrogens (tertiary/aromatic N) is 1. The van der Waals surface area contributed by atoms with Gasteiger partial charge in [-0.05, 0) is 18.1 Å². The van der Waals surface area contributed by atoms with Crippen molar-refractivity contribution in [1.82, 2.24) is 4.90 Å². The second-order valence-electron chi connectivity index (χ2n) is 4.20. The molecule has 0 unspecified atom stereocenters. The maximum atomic E-state index is 11.5. The summed E-state index contributed by atoms with van der Waals surface area (Å²) in [6, 6.07) is 8.47. The Morgan fingerprint density at radius 1 is 1.38 bits per heavy atom. The third-order valence-corrected chi connectivity index (χ3v) is 3.23. The standard InChI is InChI=1S/C12H14N2O2/c15-12-14(5-6-16-12)10-7-9-3-1-2-4-11(9)13-8-10/h1-4,10,13H,5-8H2/t10-/m0/s1. The first kappa shape index (κ1) is 9.51. The summed E-state index contributed by atoms with van der Waals surface area (Å²) in [6.07, 6.45) is 0.740. The third kappa shape index (κ3) is 1.50. The van der Waals surface area contributed by atoms with Gasteiger partial charge in [-0.25, -0.2) is 4.79 Å². The van der Waals surface area contributed by atoms with Crippen molar-refractivity contribution in [3.63, 3.8) is 0 Å². The van der Waals surface area contributed by atoms with Crippen LogP contribution in [0.1, 0.15) is 5.56 Å². The number of hydrogen-bond acceptors (Lipinski definition) is 3. The number of rotatable bonds is 1. The highest BCUT2D eigenvalue weighted by atomic mass is 16.6. The molecule has 2 heterocycles. The second-order valence-corrected chi connectivity index (χ2v) is 4.20. The molecule has 1 amide bonds. The molecule has 16 heavy (non-hydrogen) atoms. The van der Waals surface area contributed by atoms with E-state index in [0.717, 1.165) is 13.0 Å². The zero-order valence-electron chi connectivity index (χ0n) is 8.98. The van der Waals surface area contributed by atoms with E-state index in [1.807, 2.05) is 17.0 Å². The quantitative estimate of drug-likeness (QED) is 0.776. The van der Waals surface area contributed by atoms with Crippen molar-refractivity contribution in [3.05, 3.63) is 29.8 Å². The number of fused-ring (bicyclic) bond motifs is 1. The minimum Gasteiger partial charge on any atom is -0.448 e. The molecule has 4 nitrogen and oxygen atoms in total. The van der Waals surface area contributed by atoms with Crippen molar-refractivity contribution >= 4 is 11.8 Å². The van der Waals surface area contributed by atoms with Crippen molar-refractivity contribution in [1.29, 1.82) is 0 Å². The van der Waals surface area contributed by atoms with Gasteiger partial charge in [0.15, 0.2) is 0 Å². The largest absolute Gasteiger partial charge is 0.448 e. The minimum absolute atomic E-state index is 0.175. The van der Waals surface area contributed by atoms with Crippen molar-refractivity contribution in [2.75, 3.05) is 25.0 Å². The molecule has 4 heteroatoms. The smallest absolute Gasteiger partial charge is 0.410 e. The number of nitrogens with one attached hydrogen (secondary N) is 1. The van der Waals surface area contributed by atoms with E-state index in [0.29, 0.717) is 13.2 Å². The first-order chi connectivity index (χ1) is 7.84. The van der Waals surface area contributed by atoms with Gasteiger partial charge in [0.05, 0.1) is 12.6 Å². The number of carbonyl (C=O) groups excluding carboxylic acids is 1. The van der Waals surface area contributed by atoms with Crippen LogP contribution in [0.25, 0.3) is 0 Å². The summed E-state index contributed by atoms with van der Waals surface area (Å²) in [6.45, 7) is 2.05. The number of carbonyl (C=O) groups is 1. The lowest BCUT2D eigenvalue weighted by Gasteiger charge is -2.31. The molecule has 1 atom stereocenters. The Balaban J connectivity index is 1.80. The first-order valence-corrected chi connectivity index (χ1v) is 5.60. The fourth-order valence-corrected chi connectivity index (χ4v) is 2.38. The average Bonchev–Trinajstić information content (AvgIpc) is 2.75. The first-order valence-electron chi connectivity index (χ1n) is 5.60. The van der Waals surface area contributed by atoms with Crippen LogP contribution in [-0.2, 0) is 11.2 Å². The van der Waals surface area contributed by atoms with Crippen LogP contribution in [-0.4, -0.2) is 36.7 Å². The van der Waals surface area contributed by atoms with E-state index in [1.165, 1.54) is 11.3 Å². The van der Waals surface area contributed by atoms with Gasteiger partial charge in [0.25, 0.3) is 0 Å². The summed E-state index contributed by atoms with van der Waals surface area (Å²) >= 11 is 0. The van der Waals surface area contributed by atoms with E-state index in [2.05, 4.69) is 17.4 Å². The molecule has 1 saturated heterocycles. The molecule has 1 aromatic rings. The molecule has 3 rings (SSSR count). The maximum Gasteiger partial charge on any atom is 0.410 e. The topological polar surface area (TPSA) is 41.6 Å². The highest BCUT2D eigenvalue weighted by Gasteiger charge is 2.31. The van der Waals surface area contributed by atoms with Gasteiger partial charge in [-0.3, -0.25) is 4.90 Å². The summed E-state index contributed by atoms with van der Waals surface area (Å²) < 4.78 is 4.97.